The Bertz CT molecular complexity index is 393. The van der Waals surface area contributed by atoms with E-state index in [1.54, 1.807) is 6.20 Å². The molecule has 0 aromatic carbocycles. The van der Waals surface area contributed by atoms with Gasteiger partial charge in [-0.3, -0.25) is 5.32 Å². The van der Waals surface area contributed by atoms with Crippen LogP contribution in [0, 0.1) is 6.92 Å². The summed E-state index contributed by atoms with van der Waals surface area (Å²) in [6, 6.07) is 0.0921. The van der Waals surface area contributed by atoms with Gasteiger partial charge in [-0.25, -0.2) is 9.78 Å². The zero-order valence-electron chi connectivity index (χ0n) is 10.2. The lowest BCUT2D eigenvalue weighted by molar-refractivity contribution is 0.216. The Labute approximate surface area is 105 Å². The Kier molecular flexibility index (Phi) is 3.96. The molecule has 6 heteroatoms. The quantitative estimate of drug-likeness (QED) is 0.844. The molecule has 2 heterocycles. The number of aromatic nitrogens is 1. The Morgan fingerprint density at radius 2 is 2.47 bits per heavy atom. The van der Waals surface area contributed by atoms with Crippen LogP contribution in [0.4, 0.5) is 9.93 Å². The highest BCUT2D eigenvalue weighted by atomic mass is 32.1. The molecule has 2 N–H and O–H groups in total. The molecule has 1 aromatic rings. The molecule has 0 saturated carbocycles. The standard InChI is InChI=1S/C11H18N4OS/c1-8-6-12-11(17-8)14-10(16)13-9-4-3-5-15(2)7-9/h6,9H,3-5,7H2,1-2H3,(H2,12,13,14,16)/t9-/m0/s1. The highest BCUT2D eigenvalue weighted by molar-refractivity contribution is 7.15. The summed E-state index contributed by atoms with van der Waals surface area (Å²) in [6.45, 7) is 4.01. The Morgan fingerprint density at radius 3 is 3.12 bits per heavy atom. The van der Waals surface area contributed by atoms with Crippen molar-refractivity contribution >= 4 is 22.5 Å². The Morgan fingerprint density at radius 1 is 1.65 bits per heavy atom. The third kappa shape index (κ3) is 3.67. The summed E-state index contributed by atoms with van der Waals surface area (Å²) in [5.74, 6) is 0. The Hall–Kier alpha value is -1.14. The first kappa shape index (κ1) is 12.3. The monoisotopic (exact) mass is 254 g/mol. The number of anilines is 1. The number of carbonyl (C=O) groups excluding carboxylic acids is 1. The van der Waals surface area contributed by atoms with E-state index < -0.39 is 0 Å². The van der Waals surface area contributed by atoms with Gasteiger partial charge in [0.05, 0.1) is 0 Å². The first-order valence-electron chi connectivity index (χ1n) is 5.82. The topological polar surface area (TPSA) is 57.3 Å². The maximum atomic E-state index is 11.7. The van der Waals surface area contributed by atoms with Crippen molar-refractivity contribution in [1.29, 1.82) is 0 Å². The minimum Gasteiger partial charge on any atom is -0.334 e. The van der Waals surface area contributed by atoms with Gasteiger partial charge in [0.2, 0.25) is 0 Å². The summed E-state index contributed by atoms with van der Waals surface area (Å²) >= 11 is 1.49. The second-order valence-electron chi connectivity index (χ2n) is 4.48. The molecule has 94 valence electrons. The molecule has 0 aliphatic carbocycles. The summed E-state index contributed by atoms with van der Waals surface area (Å²) < 4.78 is 0. The summed E-state index contributed by atoms with van der Waals surface area (Å²) in [6.07, 6.45) is 3.95. The van der Waals surface area contributed by atoms with E-state index in [0.29, 0.717) is 5.13 Å². The van der Waals surface area contributed by atoms with Crippen molar-refractivity contribution in [1.82, 2.24) is 15.2 Å². The van der Waals surface area contributed by atoms with Crippen LogP contribution in [0.3, 0.4) is 0 Å². The number of rotatable bonds is 2. The normalized spacial score (nSPS) is 21.2. The number of likely N-dealkylation sites (tertiary alicyclic amines) is 1. The lowest BCUT2D eigenvalue weighted by atomic mass is 10.1. The predicted molar refractivity (Wildman–Crippen MR) is 69.5 cm³/mol. The highest BCUT2D eigenvalue weighted by Crippen LogP contribution is 2.16. The summed E-state index contributed by atoms with van der Waals surface area (Å²) in [5.41, 5.74) is 0. The molecule has 1 aromatic heterocycles. The van der Waals surface area contributed by atoms with Crippen LogP contribution in [0.25, 0.3) is 0 Å². The van der Waals surface area contributed by atoms with Crippen molar-refractivity contribution in [2.75, 3.05) is 25.5 Å². The van der Waals surface area contributed by atoms with Gasteiger partial charge in [-0.1, -0.05) is 0 Å². The SMILES string of the molecule is Cc1cnc(NC(=O)N[C@H]2CCCN(C)C2)s1. The fourth-order valence-electron chi connectivity index (χ4n) is 2.02. The van der Waals surface area contributed by atoms with Gasteiger partial charge in [0.25, 0.3) is 0 Å². The minimum absolute atomic E-state index is 0.153. The third-order valence-corrected chi connectivity index (χ3v) is 3.63. The van der Waals surface area contributed by atoms with Crippen molar-refractivity contribution < 1.29 is 4.79 Å². The van der Waals surface area contributed by atoms with E-state index in [2.05, 4.69) is 27.6 Å². The van der Waals surface area contributed by atoms with Crippen LogP contribution in [-0.4, -0.2) is 42.1 Å². The third-order valence-electron chi connectivity index (χ3n) is 2.80. The lowest BCUT2D eigenvalue weighted by Gasteiger charge is -2.30. The molecule has 1 aliphatic heterocycles. The predicted octanol–water partition coefficient (Wildman–Crippen LogP) is 1.67. The molecular formula is C11H18N4OS. The van der Waals surface area contributed by atoms with Crippen molar-refractivity contribution in [3.8, 4) is 0 Å². The van der Waals surface area contributed by atoms with E-state index >= 15 is 0 Å². The van der Waals surface area contributed by atoms with Crippen LogP contribution >= 0.6 is 11.3 Å². The van der Waals surface area contributed by atoms with Crippen molar-refractivity contribution in [2.45, 2.75) is 25.8 Å². The summed E-state index contributed by atoms with van der Waals surface area (Å²) in [5, 5.41) is 6.40. The van der Waals surface area contributed by atoms with Crippen LogP contribution in [0.2, 0.25) is 0 Å². The van der Waals surface area contributed by atoms with Crippen molar-refractivity contribution in [3.05, 3.63) is 11.1 Å². The van der Waals surface area contributed by atoms with Crippen LogP contribution in [-0.2, 0) is 0 Å². The van der Waals surface area contributed by atoms with Gasteiger partial charge >= 0.3 is 6.03 Å². The molecule has 0 radical (unpaired) electrons. The average molecular weight is 254 g/mol. The maximum absolute atomic E-state index is 11.7. The first-order valence-corrected chi connectivity index (χ1v) is 6.63. The molecule has 5 nitrogen and oxygen atoms in total. The second kappa shape index (κ2) is 5.46. The van der Waals surface area contributed by atoms with Crippen LogP contribution in [0.15, 0.2) is 6.20 Å². The van der Waals surface area contributed by atoms with E-state index in [9.17, 15) is 4.79 Å². The Balaban J connectivity index is 1.80. The zero-order chi connectivity index (χ0) is 12.3. The van der Waals surface area contributed by atoms with Gasteiger partial charge in [0, 0.05) is 23.7 Å². The van der Waals surface area contributed by atoms with E-state index in [4.69, 9.17) is 0 Å². The number of thiazole rings is 1. The van der Waals surface area contributed by atoms with Gasteiger partial charge in [-0.15, -0.1) is 11.3 Å². The first-order chi connectivity index (χ1) is 8.13. The fourth-order valence-corrected chi connectivity index (χ4v) is 2.67. The molecule has 1 fully saturated rings. The number of aryl methyl sites for hydroxylation is 1. The van der Waals surface area contributed by atoms with E-state index in [-0.39, 0.29) is 12.1 Å². The van der Waals surface area contributed by atoms with Gasteiger partial charge in [0.1, 0.15) is 0 Å². The average Bonchev–Trinajstić information content (AvgIpc) is 2.63. The number of likely N-dealkylation sites (N-methyl/N-ethyl adjacent to an activating group) is 1. The number of nitrogens with zero attached hydrogens (tertiary/aromatic N) is 2. The van der Waals surface area contributed by atoms with E-state index in [1.807, 2.05) is 6.92 Å². The molecule has 1 atom stereocenters. The minimum atomic E-state index is -0.153. The van der Waals surface area contributed by atoms with E-state index in [0.717, 1.165) is 30.8 Å². The number of amides is 2. The number of urea groups is 1. The van der Waals surface area contributed by atoms with Crippen molar-refractivity contribution in [3.63, 3.8) is 0 Å². The van der Waals surface area contributed by atoms with Gasteiger partial charge in [-0.05, 0) is 33.4 Å². The lowest BCUT2D eigenvalue weighted by Crippen LogP contribution is -2.47. The fraction of sp³-hybridized carbons (Fsp3) is 0.636. The van der Waals surface area contributed by atoms with Crippen LogP contribution in [0.5, 0.6) is 0 Å². The zero-order valence-corrected chi connectivity index (χ0v) is 11.0. The van der Waals surface area contributed by atoms with Gasteiger partial charge in [-0.2, -0.15) is 0 Å². The second-order valence-corrected chi connectivity index (χ2v) is 5.71. The molecule has 2 amide bonds. The molecule has 0 spiro atoms. The van der Waals surface area contributed by atoms with E-state index in [1.165, 1.54) is 11.3 Å². The molecule has 0 bridgehead atoms. The van der Waals surface area contributed by atoms with Gasteiger partial charge in [0.15, 0.2) is 5.13 Å². The number of carbonyl (C=O) groups is 1. The number of hydrogen-bond donors (Lipinski definition) is 2. The number of hydrogen-bond acceptors (Lipinski definition) is 4. The summed E-state index contributed by atoms with van der Waals surface area (Å²) in [7, 11) is 2.08. The molecule has 17 heavy (non-hydrogen) atoms. The van der Waals surface area contributed by atoms with Crippen molar-refractivity contribution in [2.24, 2.45) is 0 Å². The molecule has 2 rings (SSSR count). The molecular weight excluding hydrogens is 236 g/mol. The maximum Gasteiger partial charge on any atom is 0.321 e. The highest BCUT2D eigenvalue weighted by Gasteiger charge is 2.19. The van der Waals surface area contributed by atoms with Crippen LogP contribution < -0.4 is 10.6 Å². The summed E-state index contributed by atoms with van der Waals surface area (Å²) in [4.78, 5) is 19.2. The molecule has 1 saturated heterocycles. The van der Waals surface area contributed by atoms with Crippen LogP contribution in [0.1, 0.15) is 17.7 Å². The number of piperidine rings is 1. The largest absolute Gasteiger partial charge is 0.334 e. The smallest absolute Gasteiger partial charge is 0.321 e. The number of nitrogens with one attached hydrogen (secondary N) is 2. The molecule has 1 aliphatic rings. The molecule has 0 unspecified atom stereocenters. The van der Waals surface area contributed by atoms with Gasteiger partial charge < -0.3 is 10.2 Å².